The number of hydrogen-bond acceptors (Lipinski definition) is 0. The van der Waals surface area contributed by atoms with E-state index < -0.39 is 0 Å². The Bertz CT molecular complexity index is 838. The van der Waals surface area contributed by atoms with Gasteiger partial charge in [0.1, 0.15) is 0 Å². The van der Waals surface area contributed by atoms with Crippen molar-refractivity contribution in [1.29, 1.82) is 0 Å². The van der Waals surface area contributed by atoms with E-state index in [-0.39, 0.29) is 0 Å². The minimum Gasteiger partial charge on any atom is -0.230 e. The second kappa shape index (κ2) is 26.0. The molecule has 0 aliphatic rings. The van der Waals surface area contributed by atoms with Gasteiger partial charge in [-0.25, -0.2) is 9.13 Å². The molecule has 43 heavy (non-hydrogen) atoms. The second-order valence-corrected chi connectivity index (χ2v) is 14.1. The largest absolute Gasteiger partial charge is 0.244 e. The van der Waals surface area contributed by atoms with Gasteiger partial charge >= 0.3 is 0 Å². The highest BCUT2D eigenvalue weighted by Crippen LogP contribution is 2.20. The van der Waals surface area contributed by atoms with Gasteiger partial charge < -0.3 is 0 Å². The van der Waals surface area contributed by atoms with E-state index in [1.165, 1.54) is 215 Å². The molecule has 0 saturated heterocycles. The van der Waals surface area contributed by atoms with Crippen LogP contribution in [0.3, 0.4) is 0 Å². The first-order valence-corrected chi connectivity index (χ1v) is 19.7. The van der Waals surface area contributed by atoms with E-state index in [1.54, 1.807) is 0 Å². The lowest BCUT2D eigenvalue weighted by atomic mass is 10.0. The van der Waals surface area contributed by atoms with Crippen LogP contribution in [-0.4, -0.2) is 4.57 Å². The molecule has 0 fully saturated rings. The van der Waals surface area contributed by atoms with Crippen molar-refractivity contribution in [1.82, 2.24) is 4.57 Å². The Kier molecular flexibility index (Phi) is 22.9. The van der Waals surface area contributed by atoms with Crippen LogP contribution in [0, 0.1) is 13.8 Å². The third-order valence-corrected chi connectivity index (χ3v) is 9.99. The molecule has 0 aliphatic heterocycles. The first-order chi connectivity index (χ1) is 21.2. The Morgan fingerprint density at radius 1 is 0.442 bits per heavy atom. The van der Waals surface area contributed by atoms with Gasteiger partial charge in [0, 0.05) is 0 Å². The minimum absolute atomic E-state index is 1.17. The number of aryl methyl sites for hydroxylation is 4. The van der Waals surface area contributed by atoms with Crippen molar-refractivity contribution < 1.29 is 4.57 Å². The third-order valence-electron chi connectivity index (χ3n) is 9.99. The molecule has 2 rings (SSSR count). The van der Waals surface area contributed by atoms with Crippen LogP contribution in [-0.2, 0) is 13.1 Å². The van der Waals surface area contributed by atoms with Crippen LogP contribution >= 0.6 is 0 Å². The number of aromatic nitrogens is 2. The number of hydrogen-bond donors (Lipinski definition) is 0. The summed E-state index contributed by atoms with van der Waals surface area (Å²) in [7, 11) is 0. The molecule has 1 heterocycles. The van der Waals surface area contributed by atoms with Crippen molar-refractivity contribution in [3.63, 3.8) is 0 Å². The summed E-state index contributed by atoms with van der Waals surface area (Å²) < 4.78 is 5.12. The molecule has 2 aromatic rings. The average molecular weight is 596 g/mol. The Morgan fingerprint density at radius 2 is 0.791 bits per heavy atom. The van der Waals surface area contributed by atoms with Crippen LogP contribution in [0.2, 0.25) is 0 Å². The van der Waals surface area contributed by atoms with Gasteiger partial charge in [-0.2, -0.15) is 0 Å². The molecule has 248 valence electrons. The molecule has 0 N–H and O–H groups in total. The van der Waals surface area contributed by atoms with Crippen LogP contribution in [0.1, 0.15) is 205 Å². The average Bonchev–Trinajstić information content (AvgIpc) is 3.33. The molecule has 2 nitrogen and oxygen atoms in total. The SMILES string of the molecule is CCCCCCCCCCCCCCCCn1c[n+](CCCCCCCCCCCCCCCC)c2cc(C)c(C)cc21. The molecule has 2 heteroatoms. The molecule has 1 aromatic heterocycles. The summed E-state index contributed by atoms with van der Waals surface area (Å²) in [4.78, 5) is 0. The van der Waals surface area contributed by atoms with Gasteiger partial charge in [0.25, 0.3) is 0 Å². The fourth-order valence-corrected chi connectivity index (χ4v) is 6.85. The van der Waals surface area contributed by atoms with Crippen molar-refractivity contribution in [3.05, 3.63) is 29.6 Å². The lowest BCUT2D eigenvalue weighted by Gasteiger charge is -2.03. The first kappa shape index (κ1) is 37.9. The Balaban J connectivity index is 1.57. The zero-order valence-electron chi connectivity index (χ0n) is 29.8. The third kappa shape index (κ3) is 17.7. The zero-order chi connectivity index (χ0) is 30.8. The van der Waals surface area contributed by atoms with E-state index in [1.807, 2.05) is 0 Å². The number of nitrogens with zero attached hydrogens (tertiary/aromatic N) is 2. The topological polar surface area (TPSA) is 8.81 Å². The van der Waals surface area contributed by atoms with Gasteiger partial charge in [-0.1, -0.05) is 168 Å². The van der Waals surface area contributed by atoms with Crippen LogP contribution in [0.5, 0.6) is 0 Å². The summed E-state index contributed by atoms with van der Waals surface area (Å²) >= 11 is 0. The predicted octanol–water partition coefficient (Wildman–Crippen LogP) is 13.5. The first-order valence-electron chi connectivity index (χ1n) is 19.7. The number of benzene rings is 1. The lowest BCUT2D eigenvalue weighted by Crippen LogP contribution is -2.32. The van der Waals surface area contributed by atoms with Crippen LogP contribution < -0.4 is 4.57 Å². The van der Waals surface area contributed by atoms with E-state index in [0.717, 1.165) is 0 Å². The van der Waals surface area contributed by atoms with E-state index >= 15 is 0 Å². The maximum Gasteiger partial charge on any atom is 0.244 e. The van der Waals surface area contributed by atoms with E-state index in [4.69, 9.17) is 0 Å². The second-order valence-electron chi connectivity index (χ2n) is 14.1. The van der Waals surface area contributed by atoms with Gasteiger partial charge in [-0.3, -0.25) is 0 Å². The van der Waals surface area contributed by atoms with Gasteiger partial charge in [0.15, 0.2) is 11.0 Å². The predicted molar refractivity (Wildman–Crippen MR) is 192 cm³/mol. The highest BCUT2D eigenvalue weighted by atomic mass is 15.1. The summed E-state index contributed by atoms with van der Waals surface area (Å²) in [6, 6.07) is 4.88. The molecule has 0 aliphatic carbocycles. The summed E-state index contributed by atoms with van der Waals surface area (Å²) in [6.07, 6.45) is 42.4. The highest BCUT2D eigenvalue weighted by Gasteiger charge is 2.16. The summed E-state index contributed by atoms with van der Waals surface area (Å²) in [5.74, 6) is 0. The van der Waals surface area contributed by atoms with Crippen molar-refractivity contribution in [2.75, 3.05) is 0 Å². The van der Waals surface area contributed by atoms with Crippen LogP contribution in [0.4, 0.5) is 0 Å². The number of rotatable bonds is 30. The Morgan fingerprint density at radius 3 is 1.21 bits per heavy atom. The monoisotopic (exact) mass is 596 g/mol. The summed E-state index contributed by atoms with van der Waals surface area (Å²) in [5, 5.41) is 0. The maximum atomic E-state index is 2.56. The van der Waals surface area contributed by atoms with Gasteiger partial charge in [0.05, 0.1) is 13.1 Å². The van der Waals surface area contributed by atoms with Gasteiger partial charge in [-0.05, 0) is 62.8 Å². The fraction of sp³-hybridized carbons (Fsp3) is 0.829. The fourth-order valence-electron chi connectivity index (χ4n) is 6.85. The lowest BCUT2D eigenvalue weighted by molar-refractivity contribution is -0.672. The molecule has 0 saturated carbocycles. The van der Waals surface area contributed by atoms with Crippen molar-refractivity contribution in [3.8, 4) is 0 Å². The summed E-state index contributed by atoms with van der Waals surface area (Å²) in [6.45, 7) is 11.5. The molecule has 0 spiro atoms. The van der Waals surface area contributed by atoms with E-state index in [9.17, 15) is 0 Å². The van der Waals surface area contributed by atoms with E-state index in [0.29, 0.717) is 0 Å². The van der Waals surface area contributed by atoms with Gasteiger partial charge in [0.2, 0.25) is 6.33 Å². The minimum atomic E-state index is 1.17. The van der Waals surface area contributed by atoms with Crippen molar-refractivity contribution in [2.24, 2.45) is 0 Å². The Hall–Kier alpha value is -1.31. The quantitative estimate of drug-likeness (QED) is 0.0627. The van der Waals surface area contributed by atoms with Gasteiger partial charge in [-0.15, -0.1) is 0 Å². The molecule has 0 radical (unpaired) electrons. The Labute approximate surface area is 269 Å². The zero-order valence-corrected chi connectivity index (χ0v) is 29.8. The molecule has 1 aromatic carbocycles. The smallest absolute Gasteiger partial charge is 0.230 e. The molecule has 0 amide bonds. The van der Waals surface area contributed by atoms with Crippen molar-refractivity contribution >= 4 is 11.0 Å². The normalized spacial score (nSPS) is 11.7. The van der Waals surface area contributed by atoms with Crippen LogP contribution in [0.15, 0.2) is 18.5 Å². The molecular formula is C41H75N2+. The number of fused-ring (bicyclic) bond motifs is 1. The number of imidazole rings is 1. The summed E-state index contributed by atoms with van der Waals surface area (Å²) in [5.41, 5.74) is 5.75. The molecule has 0 atom stereocenters. The van der Waals surface area contributed by atoms with Crippen molar-refractivity contribution in [2.45, 2.75) is 221 Å². The molecule has 0 bridgehead atoms. The molecule has 0 unspecified atom stereocenters. The number of unbranched alkanes of at least 4 members (excludes halogenated alkanes) is 26. The standard InChI is InChI=1S/C41H75N2/c1-5-7-9-11-13-15-17-19-21-23-25-27-29-31-33-42-37-43(41-36-39(4)38(3)35-40(41)42)34-32-30-28-26-24-22-20-18-16-14-12-10-8-6-2/h35-37H,5-34H2,1-4H3/q+1. The van der Waals surface area contributed by atoms with Crippen LogP contribution in [0.25, 0.3) is 11.0 Å². The maximum absolute atomic E-state index is 2.56. The highest BCUT2D eigenvalue weighted by molar-refractivity contribution is 5.74. The molecular weight excluding hydrogens is 520 g/mol. The van der Waals surface area contributed by atoms with E-state index in [2.05, 4.69) is 55.3 Å².